The first-order valence-corrected chi connectivity index (χ1v) is 17.7. The van der Waals surface area contributed by atoms with Crippen LogP contribution in [0, 0.1) is 5.92 Å². The number of nitrogens with one attached hydrogen (secondary N) is 1. The van der Waals surface area contributed by atoms with Crippen molar-refractivity contribution in [2.24, 2.45) is 5.92 Å². The van der Waals surface area contributed by atoms with E-state index in [9.17, 15) is 19.5 Å². The number of aliphatic hydroxyl groups excluding tert-OH is 1. The Kier molecular flexibility index (Phi) is 8.76. The van der Waals surface area contributed by atoms with Crippen LogP contribution in [0.2, 0.25) is 10.0 Å². The third kappa shape index (κ3) is 5.31. The van der Waals surface area contributed by atoms with Crippen LogP contribution < -0.4 is 26.3 Å². The van der Waals surface area contributed by atoms with Crippen molar-refractivity contribution in [3.05, 3.63) is 151 Å². The van der Waals surface area contributed by atoms with Gasteiger partial charge in [-0.25, -0.2) is 23.5 Å². The number of aliphatic hydroxyl groups is 1. The standard InChI is InChI=1S/C39H33Cl2N5O7/c1-52-26-14-11-23(12-15-26)39-29(35(48)45(36(39)49)42-31-16-13-24(40)21-30(31)41)22-32-27(34(39)28-9-5-6-10-33(28)53-20-19-47)17-18-43-37(50)44(38(51)46(32)43)25-7-3-2-4-8-25/h2-17,21,29,32,34,42,47H,18-20,22H2,1H3. The molecule has 1 aromatic heterocycles. The van der Waals surface area contributed by atoms with Gasteiger partial charge in [-0.3, -0.25) is 15.0 Å². The van der Waals surface area contributed by atoms with Crippen LogP contribution in [-0.2, 0) is 21.5 Å². The number of methoxy groups -OCH3 is 1. The van der Waals surface area contributed by atoms with Crippen molar-refractivity contribution < 1.29 is 24.2 Å². The number of halogens is 2. The number of carbonyl (C=O) groups excluding carboxylic acids is 2. The zero-order chi connectivity index (χ0) is 37.0. The van der Waals surface area contributed by atoms with E-state index in [1.165, 1.54) is 22.5 Å². The van der Waals surface area contributed by atoms with Gasteiger partial charge in [0, 0.05) is 16.5 Å². The van der Waals surface area contributed by atoms with E-state index < -0.39 is 46.5 Å². The molecule has 2 aliphatic heterocycles. The van der Waals surface area contributed by atoms with Crippen LogP contribution in [0.15, 0.2) is 118 Å². The Balaban J connectivity index is 1.39. The molecule has 4 aromatic carbocycles. The molecule has 53 heavy (non-hydrogen) atoms. The summed E-state index contributed by atoms with van der Waals surface area (Å²) in [5.41, 5.74) is 2.75. The van der Waals surface area contributed by atoms with Gasteiger partial charge in [-0.1, -0.05) is 77.8 Å². The Bertz CT molecular complexity index is 2410. The van der Waals surface area contributed by atoms with Crippen LogP contribution in [-0.4, -0.2) is 56.2 Å². The molecule has 12 nitrogen and oxygen atoms in total. The number of hydrazine groups is 1. The molecule has 0 radical (unpaired) electrons. The summed E-state index contributed by atoms with van der Waals surface area (Å²) < 4.78 is 15.5. The van der Waals surface area contributed by atoms with Gasteiger partial charge in [-0.15, -0.1) is 0 Å². The topological polar surface area (TPSA) is 137 Å². The van der Waals surface area contributed by atoms with Crippen molar-refractivity contribution in [3.8, 4) is 17.2 Å². The zero-order valence-electron chi connectivity index (χ0n) is 28.3. The van der Waals surface area contributed by atoms with Crippen LogP contribution in [0.1, 0.15) is 29.5 Å². The van der Waals surface area contributed by atoms with Crippen molar-refractivity contribution in [2.45, 2.75) is 30.3 Å². The molecule has 3 heterocycles. The van der Waals surface area contributed by atoms with Gasteiger partial charge in [-0.05, 0) is 66.1 Å². The lowest BCUT2D eigenvalue weighted by atomic mass is 9.53. The van der Waals surface area contributed by atoms with E-state index in [4.69, 9.17) is 32.7 Å². The van der Waals surface area contributed by atoms with Crippen molar-refractivity contribution >= 4 is 40.7 Å². The molecule has 1 saturated heterocycles. The van der Waals surface area contributed by atoms with Gasteiger partial charge in [0.1, 0.15) is 18.1 Å². The Labute approximate surface area is 312 Å². The number of anilines is 1. The number of nitrogens with zero attached hydrogens (tertiary/aromatic N) is 4. The molecule has 1 saturated carbocycles. The molecule has 2 amide bonds. The average Bonchev–Trinajstić information content (AvgIpc) is 3.56. The first-order chi connectivity index (χ1) is 25.7. The zero-order valence-corrected chi connectivity index (χ0v) is 29.8. The molecule has 4 unspecified atom stereocenters. The number of aromatic nitrogens is 3. The highest BCUT2D eigenvalue weighted by molar-refractivity contribution is 6.36. The fourth-order valence-electron chi connectivity index (χ4n) is 8.25. The monoisotopic (exact) mass is 753 g/mol. The number of benzene rings is 4. The number of hydrogen-bond acceptors (Lipinski definition) is 8. The molecule has 1 aliphatic carbocycles. The van der Waals surface area contributed by atoms with E-state index in [1.807, 2.05) is 18.2 Å². The number of amides is 2. The third-order valence-electron chi connectivity index (χ3n) is 10.4. The maximum atomic E-state index is 15.5. The Hall–Kier alpha value is -5.56. The van der Waals surface area contributed by atoms with E-state index in [-0.39, 0.29) is 36.9 Å². The summed E-state index contributed by atoms with van der Waals surface area (Å²) in [6.07, 6.45) is 1.88. The number of allylic oxidation sites excluding steroid dienone is 2. The highest BCUT2D eigenvalue weighted by atomic mass is 35.5. The minimum absolute atomic E-state index is 0.00325. The lowest BCUT2D eigenvalue weighted by Gasteiger charge is -2.49. The lowest BCUT2D eigenvalue weighted by molar-refractivity contribution is -0.138. The van der Waals surface area contributed by atoms with Gasteiger partial charge < -0.3 is 14.6 Å². The first-order valence-electron chi connectivity index (χ1n) is 17.0. The summed E-state index contributed by atoms with van der Waals surface area (Å²) in [6, 6.07) is 26.7. The van der Waals surface area contributed by atoms with Crippen LogP contribution in [0.4, 0.5) is 5.69 Å². The fraction of sp³-hybridized carbons (Fsp3) is 0.231. The number of rotatable bonds is 9. The smallest absolute Gasteiger partial charge is 0.352 e. The van der Waals surface area contributed by atoms with Gasteiger partial charge >= 0.3 is 11.4 Å². The summed E-state index contributed by atoms with van der Waals surface area (Å²) in [7, 11) is 1.54. The molecule has 8 rings (SSSR count). The van der Waals surface area contributed by atoms with Crippen LogP contribution in [0.25, 0.3) is 5.69 Å². The SMILES string of the molecule is COc1ccc(C23C(=O)N(Nc4ccc(Cl)cc4Cl)C(=O)C2CC2C(=CCn4c(=O)n(-c5ccccc5)c(=O)n42)C3c2ccccc2OCCO)cc1. The molecule has 2 N–H and O–H groups in total. The highest BCUT2D eigenvalue weighted by Gasteiger charge is 2.69. The minimum atomic E-state index is -1.59. The van der Waals surface area contributed by atoms with E-state index in [1.54, 1.807) is 78.9 Å². The summed E-state index contributed by atoms with van der Waals surface area (Å²) >= 11 is 12.7. The van der Waals surface area contributed by atoms with E-state index in [0.29, 0.717) is 38.9 Å². The molecular formula is C39H33Cl2N5O7. The van der Waals surface area contributed by atoms with E-state index in [2.05, 4.69) is 5.43 Å². The third-order valence-corrected chi connectivity index (χ3v) is 11.0. The van der Waals surface area contributed by atoms with Crippen molar-refractivity contribution in [2.75, 3.05) is 25.7 Å². The molecule has 0 spiro atoms. The molecule has 14 heteroatoms. The molecular weight excluding hydrogens is 721 g/mol. The van der Waals surface area contributed by atoms with Crippen molar-refractivity contribution in [1.29, 1.82) is 0 Å². The molecule has 2 fully saturated rings. The first kappa shape index (κ1) is 34.5. The minimum Gasteiger partial charge on any atom is -0.497 e. The Morgan fingerprint density at radius 1 is 0.906 bits per heavy atom. The Morgan fingerprint density at radius 2 is 1.64 bits per heavy atom. The molecule has 5 aromatic rings. The average molecular weight is 755 g/mol. The van der Waals surface area contributed by atoms with Gasteiger partial charge in [0.2, 0.25) is 0 Å². The van der Waals surface area contributed by atoms with Gasteiger partial charge in [0.25, 0.3) is 11.8 Å². The molecule has 270 valence electrons. The number of fused-ring (bicyclic) bond motifs is 4. The molecule has 0 bridgehead atoms. The molecule has 4 atom stereocenters. The van der Waals surface area contributed by atoms with Crippen molar-refractivity contribution in [3.63, 3.8) is 0 Å². The number of hydrogen-bond donors (Lipinski definition) is 2. The summed E-state index contributed by atoms with van der Waals surface area (Å²) in [5, 5.41) is 11.3. The van der Waals surface area contributed by atoms with Gasteiger partial charge in [0.05, 0.1) is 54.0 Å². The van der Waals surface area contributed by atoms with E-state index in [0.717, 1.165) is 9.58 Å². The number of imide groups is 1. The van der Waals surface area contributed by atoms with Crippen molar-refractivity contribution in [1.82, 2.24) is 18.9 Å². The quantitative estimate of drug-likeness (QED) is 0.157. The maximum absolute atomic E-state index is 15.5. The molecule has 3 aliphatic rings. The second-order valence-corrected chi connectivity index (χ2v) is 13.9. The fourth-order valence-corrected chi connectivity index (χ4v) is 8.70. The second-order valence-electron chi connectivity index (χ2n) is 13.0. The summed E-state index contributed by atoms with van der Waals surface area (Å²) in [6.45, 7) is -0.258. The van der Waals surface area contributed by atoms with E-state index >= 15 is 4.79 Å². The lowest BCUT2D eigenvalue weighted by Crippen LogP contribution is -2.53. The van der Waals surface area contributed by atoms with Gasteiger partial charge in [0.15, 0.2) is 0 Å². The Morgan fingerprint density at radius 3 is 2.36 bits per heavy atom. The summed E-state index contributed by atoms with van der Waals surface area (Å²) in [5.74, 6) is -2.12. The second kappa shape index (κ2) is 13.4. The summed E-state index contributed by atoms with van der Waals surface area (Å²) in [4.78, 5) is 58.7. The normalized spacial score (nSPS) is 21.8. The largest absolute Gasteiger partial charge is 0.497 e. The predicted molar refractivity (Wildman–Crippen MR) is 198 cm³/mol. The number of carbonyl (C=O) groups is 2. The van der Waals surface area contributed by atoms with Crippen LogP contribution in [0.3, 0.4) is 0 Å². The number of para-hydroxylation sites is 2. The predicted octanol–water partition coefficient (Wildman–Crippen LogP) is 5.11. The number of ether oxygens (including phenoxy) is 2. The van der Waals surface area contributed by atoms with Crippen LogP contribution in [0.5, 0.6) is 11.5 Å². The maximum Gasteiger partial charge on any atom is 0.352 e. The van der Waals surface area contributed by atoms with Crippen LogP contribution >= 0.6 is 23.2 Å². The van der Waals surface area contributed by atoms with Gasteiger partial charge in [-0.2, -0.15) is 5.01 Å². The highest BCUT2D eigenvalue weighted by Crippen LogP contribution is 2.63.